The van der Waals surface area contributed by atoms with Gasteiger partial charge in [0, 0.05) is 17.6 Å². The van der Waals surface area contributed by atoms with E-state index in [1.54, 1.807) is 54.6 Å². The average Bonchev–Trinajstić information content (AvgIpc) is 2.74. The van der Waals surface area contributed by atoms with Crippen LogP contribution in [-0.2, 0) is 0 Å². The molecule has 1 aliphatic rings. The minimum atomic E-state index is -0.796. The first-order chi connectivity index (χ1) is 14.8. The summed E-state index contributed by atoms with van der Waals surface area (Å²) in [7, 11) is 0. The van der Waals surface area contributed by atoms with Crippen molar-refractivity contribution in [1.29, 1.82) is 0 Å². The van der Waals surface area contributed by atoms with E-state index in [4.69, 9.17) is 20.9 Å². The summed E-state index contributed by atoms with van der Waals surface area (Å²) < 4.78 is 11.9. The lowest BCUT2D eigenvalue weighted by Gasteiger charge is -2.34. The second kappa shape index (κ2) is 10.4. The number of carbonyl (C=O) groups is 2. The first-order valence-corrected chi connectivity index (χ1v) is 9.69. The highest BCUT2D eigenvalue weighted by Gasteiger charge is 2.37. The molecule has 0 saturated heterocycles. The SMILES string of the molecule is CC1(COc2ccc(NC(=O)c3ccc(N)nc3)cc2)CC(=O)c2cc(N)ccc2O1.Cl.Cl. The Labute approximate surface area is 203 Å². The number of nitrogens with one attached hydrogen (secondary N) is 1. The molecular weight excluding hydrogens is 467 g/mol. The number of amides is 1. The van der Waals surface area contributed by atoms with E-state index >= 15 is 0 Å². The zero-order valence-corrected chi connectivity index (χ0v) is 19.4. The smallest absolute Gasteiger partial charge is 0.257 e. The lowest BCUT2D eigenvalue weighted by molar-refractivity contribution is 0.0190. The largest absolute Gasteiger partial charge is 0.489 e. The van der Waals surface area contributed by atoms with E-state index in [-0.39, 0.29) is 49.5 Å². The summed E-state index contributed by atoms with van der Waals surface area (Å²) in [6.45, 7) is 2.02. The number of pyridine rings is 1. The molecule has 1 aliphatic heterocycles. The third-order valence-corrected chi connectivity index (χ3v) is 4.90. The quantitative estimate of drug-likeness (QED) is 0.458. The maximum Gasteiger partial charge on any atom is 0.257 e. The number of carbonyl (C=O) groups excluding carboxylic acids is 2. The normalized spacial score (nSPS) is 16.3. The van der Waals surface area contributed by atoms with E-state index in [0.717, 1.165) is 0 Å². The number of aromatic nitrogens is 1. The fraction of sp³-hybridized carbons (Fsp3) is 0.174. The third-order valence-electron chi connectivity index (χ3n) is 4.90. The van der Waals surface area contributed by atoms with E-state index < -0.39 is 5.60 Å². The second-order valence-electron chi connectivity index (χ2n) is 7.65. The minimum Gasteiger partial charge on any atom is -0.489 e. The summed E-state index contributed by atoms with van der Waals surface area (Å²) in [6.07, 6.45) is 1.61. The number of nitrogens with two attached hydrogens (primary N) is 2. The number of nitrogens with zero attached hydrogens (tertiary/aromatic N) is 1. The number of nitrogen functional groups attached to an aromatic ring is 2. The Balaban J connectivity index is 0.00000193. The molecule has 0 bridgehead atoms. The number of anilines is 3. The molecular formula is C23H24Cl2N4O4. The molecule has 2 heterocycles. The van der Waals surface area contributed by atoms with Gasteiger partial charge in [0.2, 0.25) is 0 Å². The Morgan fingerprint density at radius 2 is 1.85 bits per heavy atom. The fourth-order valence-electron chi connectivity index (χ4n) is 3.28. The Morgan fingerprint density at radius 1 is 1.12 bits per heavy atom. The number of ether oxygens (including phenoxy) is 2. The Morgan fingerprint density at radius 3 is 2.52 bits per heavy atom. The molecule has 0 fully saturated rings. The molecule has 0 spiro atoms. The number of Topliss-reactive ketones (excluding diaryl/α,β-unsaturated/α-hetero) is 1. The summed E-state index contributed by atoms with van der Waals surface area (Å²) in [5, 5.41) is 2.78. The van der Waals surface area contributed by atoms with Gasteiger partial charge in [0.15, 0.2) is 5.78 Å². The molecule has 0 saturated carbocycles. The van der Waals surface area contributed by atoms with Gasteiger partial charge in [0.25, 0.3) is 5.91 Å². The van der Waals surface area contributed by atoms with Crippen molar-refractivity contribution in [3.8, 4) is 11.5 Å². The fourth-order valence-corrected chi connectivity index (χ4v) is 3.28. The first kappa shape index (κ1) is 25.8. The zero-order chi connectivity index (χ0) is 22.0. The van der Waals surface area contributed by atoms with Crippen molar-refractivity contribution in [1.82, 2.24) is 4.98 Å². The number of benzene rings is 2. The molecule has 1 unspecified atom stereocenters. The molecule has 33 heavy (non-hydrogen) atoms. The highest BCUT2D eigenvalue weighted by molar-refractivity contribution is 6.04. The Kier molecular flexibility index (Phi) is 8.13. The van der Waals surface area contributed by atoms with E-state index in [2.05, 4.69) is 10.3 Å². The van der Waals surface area contributed by atoms with E-state index in [9.17, 15) is 9.59 Å². The van der Waals surface area contributed by atoms with Gasteiger partial charge in [-0.15, -0.1) is 24.8 Å². The molecule has 174 valence electrons. The van der Waals surface area contributed by atoms with Crippen molar-refractivity contribution < 1.29 is 19.1 Å². The van der Waals surface area contributed by atoms with Crippen LogP contribution in [-0.4, -0.2) is 28.9 Å². The van der Waals surface area contributed by atoms with Gasteiger partial charge in [-0.3, -0.25) is 9.59 Å². The maximum absolute atomic E-state index is 12.5. The van der Waals surface area contributed by atoms with Gasteiger partial charge in [-0.2, -0.15) is 0 Å². The molecule has 1 aromatic heterocycles. The number of ketones is 1. The molecule has 10 heteroatoms. The predicted octanol–water partition coefficient (Wildman–Crippen LogP) is 4.14. The van der Waals surface area contributed by atoms with Crippen molar-refractivity contribution in [2.45, 2.75) is 18.9 Å². The number of hydrogen-bond acceptors (Lipinski definition) is 7. The first-order valence-electron chi connectivity index (χ1n) is 9.69. The van der Waals surface area contributed by atoms with Crippen LogP contribution in [0, 0.1) is 0 Å². The van der Waals surface area contributed by atoms with Crippen LogP contribution < -0.4 is 26.3 Å². The topological polar surface area (TPSA) is 130 Å². The Bertz CT molecular complexity index is 1140. The number of rotatable bonds is 5. The third kappa shape index (κ3) is 6.06. The highest BCUT2D eigenvalue weighted by atomic mass is 35.5. The number of halogens is 2. The van der Waals surface area contributed by atoms with Crippen LogP contribution in [0.2, 0.25) is 0 Å². The van der Waals surface area contributed by atoms with E-state index in [0.29, 0.717) is 39.8 Å². The molecule has 4 rings (SSSR count). The molecule has 0 radical (unpaired) electrons. The summed E-state index contributed by atoms with van der Waals surface area (Å²) in [5.74, 6) is 1.12. The highest BCUT2D eigenvalue weighted by Crippen LogP contribution is 2.34. The lowest BCUT2D eigenvalue weighted by atomic mass is 9.92. The van der Waals surface area contributed by atoms with Gasteiger partial charge >= 0.3 is 0 Å². The number of fused-ring (bicyclic) bond motifs is 1. The van der Waals surface area contributed by atoms with Crippen molar-refractivity contribution in [2.75, 3.05) is 23.4 Å². The van der Waals surface area contributed by atoms with Gasteiger partial charge in [0.1, 0.15) is 29.5 Å². The molecule has 0 aliphatic carbocycles. The lowest BCUT2D eigenvalue weighted by Crippen LogP contribution is -2.44. The molecule has 5 N–H and O–H groups in total. The average molecular weight is 491 g/mol. The summed E-state index contributed by atoms with van der Waals surface area (Å²) in [4.78, 5) is 28.7. The standard InChI is InChI=1S/C23H22N4O4.2ClH/c1-23(11-19(28)18-10-15(24)3-8-20(18)31-23)13-30-17-6-4-16(5-7-17)27-22(29)14-2-9-21(25)26-12-14;;/h2-10,12H,11,13,24H2,1H3,(H2,25,26)(H,27,29);2*1H. The summed E-state index contributed by atoms with van der Waals surface area (Å²) in [5.41, 5.74) is 12.5. The van der Waals surface area contributed by atoms with Crippen molar-refractivity contribution in [3.05, 3.63) is 71.9 Å². The maximum atomic E-state index is 12.5. The van der Waals surface area contributed by atoms with Crippen LogP contribution >= 0.6 is 24.8 Å². The van der Waals surface area contributed by atoms with E-state index in [1.807, 2.05) is 6.92 Å². The van der Waals surface area contributed by atoms with Crippen LogP contribution in [0.25, 0.3) is 0 Å². The van der Waals surface area contributed by atoms with E-state index in [1.165, 1.54) is 6.20 Å². The predicted molar refractivity (Wildman–Crippen MR) is 132 cm³/mol. The summed E-state index contributed by atoms with van der Waals surface area (Å²) >= 11 is 0. The van der Waals surface area contributed by atoms with Crippen LogP contribution in [0.1, 0.15) is 34.1 Å². The zero-order valence-electron chi connectivity index (χ0n) is 17.7. The van der Waals surface area contributed by atoms with Crippen LogP contribution in [0.4, 0.5) is 17.2 Å². The molecule has 2 aromatic carbocycles. The molecule has 1 atom stereocenters. The van der Waals surface area contributed by atoms with Crippen molar-refractivity contribution >= 4 is 53.7 Å². The van der Waals surface area contributed by atoms with Gasteiger partial charge in [-0.1, -0.05) is 0 Å². The molecule has 8 nitrogen and oxygen atoms in total. The monoisotopic (exact) mass is 490 g/mol. The minimum absolute atomic E-state index is 0. The van der Waals surface area contributed by atoms with Crippen molar-refractivity contribution in [3.63, 3.8) is 0 Å². The van der Waals surface area contributed by atoms with Crippen LogP contribution in [0.5, 0.6) is 11.5 Å². The van der Waals surface area contributed by atoms with Gasteiger partial charge in [-0.25, -0.2) is 4.98 Å². The number of hydrogen-bond donors (Lipinski definition) is 3. The molecule has 1 amide bonds. The Hall–Kier alpha value is -3.49. The van der Waals surface area contributed by atoms with Crippen LogP contribution in [0.3, 0.4) is 0 Å². The van der Waals surface area contributed by atoms with Gasteiger partial charge in [0.05, 0.1) is 17.5 Å². The van der Waals surface area contributed by atoms with Crippen LogP contribution in [0.15, 0.2) is 60.8 Å². The van der Waals surface area contributed by atoms with Gasteiger partial charge in [-0.05, 0) is 61.5 Å². The van der Waals surface area contributed by atoms with Gasteiger partial charge < -0.3 is 26.3 Å². The van der Waals surface area contributed by atoms with Crippen molar-refractivity contribution in [2.24, 2.45) is 0 Å². The molecule has 3 aromatic rings. The second-order valence-corrected chi connectivity index (χ2v) is 7.65. The summed E-state index contributed by atoms with van der Waals surface area (Å²) in [6, 6.07) is 15.1.